The number of hydrogen-bond acceptors (Lipinski definition) is 3. The second-order valence-corrected chi connectivity index (χ2v) is 5.03. The molecule has 1 N–H and O–H groups in total. The molecule has 3 nitrogen and oxygen atoms in total. The molecule has 1 aromatic heterocycles. The van der Waals surface area contributed by atoms with Crippen molar-refractivity contribution in [1.82, 2.24) is 15.2 Å². The number of rotatable bonds is 7. The zero-order valence-corrected chi connectivity index (χ0v) is 12.5. The molecule has 17 heavy (non-hydrogen) atoms. The molecule has 0 radical (unpaired) electrons. The predicted molar refractivity (Wildman–Crippen MR) is 76.0 cm³/mol. The van der Waals surface area contributed by atoms with Crippen molar-refractivity contribution in [1.29, 1.82) is 0 Å². The van der Waals surface area contributed by atoms with Gasteiger partial charge in [-0.25, -0.2) is 4.98 Å². The minimum absolute atomic E-state index is 0.482. The summed E-state index contributed by atoms with van der Waals surface area (Å²) in [5.74, 6) is 0. The largest absolute Gasteiger partial charge is 0.307 e. The van der Waals surface area contributed by atoms with Crippen LogP contribution in [0.15, 0.2) is 22.8 Å². The molecule has 1 unspecified atom stereocenters. The molecule has 4 heteroatoms. The van der Waals surface area contributed by atoms with Crippen LogP contribution in [0.25, 0.3) is 0 Å². The van der Waals surface area contributed by atoms with E-state index in [1.54, 1.807) is 0 Å². The lowest BCUT2D eigenvalue weighted by molar-refractivity contribution is 0.270. The van der Waals surface area contributed by atoms with Crippen molar-refractivity contribution in [2.24, 2.45) is 0 Å². The Labute approximate surface area is 113 Å². The van der Waals surface area contributed by atoms with E-state index in [0.717, 1.165) is 36.5 Å². The molecule has 1 atom stereocenters. The number of nitrogens with one attached hydrogen (secondary N) is 1. The number of halogens is 1. The summed E-state index contributed by atoms with van der Waals surface area (Å²) in [7, 11) is 0. The average Bonchev–Trinajstić information content (AvgIpc) is 2.33. The molecule has 1 heterocycles. The third-order valence-electron chi connectivity index (χ3n) is 2.83. The normalized spacial score (nSPS) is 13.0. The first-order chi connectivity index (χ1) is 8.15. The molecule has 0 aromatic carbocycles. The maximum atomic E-state index is 4.41. The molecule has 0 aliphatic carbocycles. The number of nitrogens with zero attached hydrogens (tertiary/aromatic N) is 2. The van der Waals surface area contributed by atoms with E-state index in [2.05, 4.69) is 51.9 Å². The van der Waals surface area contributed by atoms with E-state index < -0.39 is 0 Å². The topological polar surface area (TPSA) is 28.2 Å². The highest BCUT2D eigenvalue weighted by Crippen LogP contribution is 2.06. The van der Waals surface area contributed by atoms with Gasteiger partial charge in [0.1, 0.15) is 4.60 Å². The molecule has 1 rings (SSSR count). The molecule has 1 aromatic rings. The van der Waals surface area contributed by atoms with E-state index in [9.17, 15) is 0 Å². The highest BCUT2D eigenvalue weighted by molar-refractivity contribution is 9.10. The highest BCUT2D eigenvalue weighted by atomic mass is 79.9. The molecule has 0 aliphatic heterocycles. The molecule has 0 fully saturated rings. The molecule has 0 spiro atoms. The first-order valence-electron chi connectivity index (χ1n) is 6.22. The van der Waals surface area contributed by atoms with Crippen LogP contribution in [0.1, 0.15) is 26.5 Å². The summed E-state index contributed by atoms with van der Waals surface area (Å²) in [6.07, 6.45) is 0. The van der Waals surface area contributed by atoms with Crippen molar-refractivity contribution < 1.29 is 0 Å². The van der Waals surface area contributed by atoms with Crippen LogP contribution in [-0.2, 0) is 6.54 Å². The van der Waals surface area contributed by atoms with Crippen molar-refractivity contribution in [3.8, 4) is 0 Å². The van der Waals surface area contributed by atoms with Crippen LogP contribution >= 0.6 is 15.9 Å². The summed E-state index contributed by atoms with van der Waals surface area (Å²) in [5, 5.41) is 3.50. The predicted octanol–water partition coefficient (Wildman–Crippen LogP) is 2.66. The van der Waals surface area contributed by atoms with Crippen molar-refractivity contribution in [2.45, 2.75) is 33.4 Å². The van der Waals surface area contributed by atoms with Gasteiger partial charge in [0.2, 0.25) is 0 Å². The van der Waals surface area contributed by atoms with Gasteiger partial charge >= 0.3 is 0 Å². The van der Waals surface area contributed by atoms with Crippen molar-refractivity contribution >= 4 is 15.9 Å². The van der Waals surface area contributed by atoms with Crippen LogP contribution in [0, 0.1) is 0 Å². The van der Waals surface area contributed by atoms with Gasteiger partial charge in [-0.15, -0.1) is 0 Å². The lowest BCUT2D eigenvalue weighted by atomic mass is 10.2. The Morgan fingerprint density at radius 2 is 2.06 bits per heavy atom. The van der Waals surface area contributed by atoms with Crippen molar-refractivity contribution in [3.63, 3.8) is 0 Å². The van der Waals surface area contributed by atoms with Gasteiger partial charge in [0.05, 0.1) is 5.69 Å². The summed E-state index contributed by atoms with van der Waals surface area (Å²) in [4.78, 5) is 6.83. The fourth-order valence-electron chi connectivity index (χ4n) is 1.76. The van der Waals surface area contributed by atoms with Crippen LogP contribution in [0.4, 0.5) is 0 Å². The summed E-state index contributed by atoms with van der Waals surface area (Å²) >= 11 is 3.38. The Balaban J connectivity index is 2.35. The third kappa shape index (κ3) is 5.61. The van der Waals surface area contributed by atoms with E-state index in [1.165, 1.54) is 0 Å². The number of likely N-dealkylation sites (N-methyl/N-ethyl adjacent to an activating group) is 1. The first kappa shape index (κ1) is 14.6. The fourth-order valence-corrected chi connectivity index (χ4v) is 2.14. The van der Waals surface area contributed by atoms with Crippen LogP contribution in [0.3, 0.4) is 0 Å². The van der Waals surface area contributed by atoms with Gasteiger partial charge in [-0.3, -0.25) is 0 Å². The van der Waals surface area contributed by atoms with Crippen molar-refractivity contribution in [2.75, 3.05) is 19.6 Å². The highest BCUT2D eigenvalue weighted by Gasteiger charge is 2.06. The van der Waals surface area contributed by atoms with E-state index in [4.69, 9.17) is 0 Å². The van der Waals surface area contributed by atoms with Crippen LogP contribution < -0.4 is 5.32 Å². The Kier molecular flexibility index (Phi) is 6.70. The molecular formula is C13H22BrN3. The smallest absolute Gasteiger partial charge is 0.106 e. The van der Waals surface area contributed by atoms with Gasteiger partial charge in [-0.05, 0) is 48.1 Å². The second-order valence-electron chi connectivity index (χ2n) is 4.22. The standard InChI is InChI=1S/C13H22BrN3/c1-4-17(5-2)10-11(3)15-9-12-7-6-8-13(14)16-12/h6-8,11,15H,4-5,9-10H2,1-3H3. The molecular weight excluding hydrogens is 278 g/mol. The van der Waals surface area contributed by atoms with Gasteiger partial charge in [0.25, 0.3) is 0 Å². The van der Waals surface area contributed by atoms with Crippen LogP contribution in [0.2, 0.25) is 0 Å². The summed E-state index contributed by atoms with van der Waals surface area (Å²) in [5.41, 5.74) is 1.07. The maximum Gasteiger partial charge on any atom is 0.106 e. The lowest BCUT2D eigenvalue weighted by Crippen LogP contribution is -2.38. The van der Waals surface area contributed by atoms with Gasteiger partial charge in [0.15, 0.2) is 0 Å². The Hall–Kier alpha value is -0.450. The van der Waals surface area contributed by atoms with E-state index in [1.807, 2.05) is 18.2 Å². The number of hydrogen-bond donors (Lipinski definition) is 1. The average molecular weight is 300 g/mol. The lowest BCUT2D eigenvalue weighted by Gasteiger charge is -2.23. The fraction of sp³-hybridized carbons (Fsp3) is 0.615. The van der Waals surface area contributed by atoms with Gasteiger partial charge in [0, 0.05) is 19.1 Å². The molecule has 0 bridgehead atoms. The first-order valence-corrected chi connectivity index (χ1v) is 7.02. The quantitative estimate of drug-likeness (QED) is 0.785. The van der Waals surface area contributed by atoms with Crippen molar-refractivity contribution in [3.05, 3.63) is 28.5 Å². The van der Waals surface area contributed by atoms with Gasteiger partial charge < -0.3 is 10.2 Å². The van der Waals surface area contributed by atoms with E-state index in [0.29, 0.717) is 6.04 Å². The van der Waals surface area contributed by atoms with E-state index in [-0.39, 0.29) is 0 Å². The summed E-state index contributed by atoms with van der Waals surface area (Å²) in [6, 6.07) is 6.49. The SMILES string of the molecule is CCN(CC)CC(C)NCc1cccc(Br)n1. The van der Waals surface area contributed by atoms with Crippen LogP contribution in [0.5, 0.6) is 0 Å². The Morgan fingerprint density at radius 3 is 2.65 bits per heavy atom. The third-order valence-corrected chi connectivity index (χ3v) is 3.27. The summed E-state index contributed by atoms with van der Waals surface area (Å²) < 4.78 is 0.896. The van der Waals surface area contributed by atoms with Gasteiger partial charge in [-0.1, -0.05) is 19.9 Å². The molecule has 0 saturated heterocycles. The number of pyridine rings is 1. The Morgan fingerprint density at radius 1 is 1.35 bits per heavy atom. The monoisotopic (exact) mass is 299 g/mol. The molecule has 0 aliphatic rings. The second kappa shape index (κ2) is 7.80. The molecule has 0 saturated carbocycles. The summed E-state index contributed by atoms with van der Waals surface area (Å²) in [6.45, 7) is 10.7. The molecule has 0 amide bonds. The number of aromatic nitrogens is 1. The zero-order chi connectivity index (χ0) is 12.7. The zero-order valence-electron chi connectivity index (χ0n) is 10.9. The van der Waals surface area contributed by atoms with Gasteiger partial charge in [-0.2, -0.15) is 0 Å². The molecule has 96 valence electrons. The maximum absolute atomic E-state index is 4.41. The minimum atomic E-state index is 0.482. The van der Waals surface area contributed by atoms with Crippen LogP contribution in [-0.4, -0.2) is 35.6 Å². The van der Waals surface area contributed by atoms with E-state index >= 15 is 0 Å². The Bertz CT molecular complexity index is 326. The minimum Gasteiger partial charge on any atom is -0.307 e.